The standard InChI is InChI=1S/C21H22FN3O3/c1-27-17-9-14(10-18(12-17)28-2)21(26)24-7-5-16(6-8-24)25-13-23-19-11-15(22)3-4-20(19)25/h3-4,9-13,16H,5-8H2,1-2H3. The second-order valence-corrected chi connectivity index (χ2v) is 6.91. The number of imidazole rings is 1. The van der Waals surface area contributed by atoms with Gasteiger partial charge in [-0.3, -0.25) is 4.79 Å². The second kappa shape index (κ2) is 7.50. The highest BCUT2D eigenvalue weighted by Crippen LogP contribution is 2.29. The maximum atomic E-state index is 13.4. The minimum absolute atomic E-state index is 0.0341. The molecule has 1 aromatic heterocycles. The quantitative estimate of drug-likeness (QED) is 0.690. The lowest BCUT2D eigenvalue weighted by Crippen LogP contribution is -2.39. The molecule has 2 aromatic carbocycles. The van der Waals surface area contributed by atoms with Crippen LogP contribution in [0, 0.1) is 5.82 Å². The fourth-order valence-electron chi connectivity index (χ4n) is 3.76. The Kier molecular flexibility index (Phi) is 4.90. The summed E-state index contributed by atoms with van der Waals surface area (Å²) >= 11 is 0. The zero-order valence-electron chi connectivity index (χ0n) is 15.9. The highest BCUT2D eigenvalue weighted by molar-refractivity contribution is 5.95. The van der Waals surface area contributed by atoms with E-state index in [0.29, 0.717) is 35.7 Å². The summed E-state index contributed by atoms with van der Waals surface area (Å²) in [4.78, 5) is 19.1. The maximum Gasteiger partial charge on any atom is 0.254 e. The summed E-state index contributed by atoms with van der Waals surface area (Å²) in [5, 5.41) is 0. The third-order valence-corrected chi connectivity index (χ3v) is 5.28. The number of methoxy groups -OCH3 is 2. The number of benzene rings is 2. The molecule has 0 aliphatic carbocycles. The van der Waals surface area contributed by atoms with Gasteiger partial charge in [0.1, 0.15) is 17.3 Å². The summed E-state index contributed by atoms with van der Waals surface area (Å²) in [5.74, 6) is 0.865. The monoisotopic (exact) mass is 383 g/mol. The fraction of sp³-hybridized carbons (Fsp3) is 0.333. The van der Waals surface area contributed by atoms with Crippen molar-refractivity contribution in [1.29, 1.82) is 0 Å². The number of piperidine rings is 1. The molecule has 1 aliphatic rings. The first-order valence-electron chi connectivity index (χ1n) is 9.23. The summed E-state index contributed by atoms with van der Waals surface area (Å²) in [6, 6.07) is 10.1. The second-order valence-electron chi connectivity index (χ2n) is 6.91. The zero-order chi connectivity index (χ0) is 19.7. The molecule has 1 amide bonds. The van der Waals surface area contributed by atoms with Gasteiger partial charge in [-0.2, -0.15) is 0 Å². The summed E-state index contributed by atoms with van der Waals surface area (Å²) in [7, 11) is 3.13. The largest absolute Gasteiger partial charge is 0.497 e. The molecule has 3 aromatic rings. The Hall–Kier alpha value is -3.09. The van der Waals surface area contributed by atoms with Crippen molar-refractivity contribution in [2.24, 2.45) is 0 Å². The summed E-state index contributed by atoms with van der Waals surface area (Å²) in [5.41, 5.74) is 2.13. The molecule has 1 saturated heterocycles. The molecule has 4 rings (SSSR count). The minimum Gasteiger partial charge on any atom is -0.497 e. The number of ether oxygens (including phenoxy) is 2. The number of hydrogen-bond donors (Lipinski definition) is 0. The van der Waals surface area contributed by atoms with Crippen molar-refractivity contribution in [3.05, 3.63) is 54.1 Å². The van der Waals surface area contributed by atoms with Gasteiger partial charge in [-0.05, 0) is 37.1 Å². The maximum absolute atomic E-state index is 13.4. The average molecular weight is 383 g/mol. The van der Waals surface area contributed by atoms with Crippen LogP contribution in [-0.2, 0) is 0 Å². The van der Waals surface area contributed by atoms with Crippen molar-refractivity contribution in [3.63, 3.8) is 0 Å². The lowest BCUT2D eigenvalue weighted by molar-refractivity contribution is 0.0695. The van der Waals surface area contributed by atoms with Crippen LogP contribution in [0.2, 0.25) is 0 Å². The van der Waals surface area contributed by atoms with E-state index < -0.39 is 0 Å². The molecule has 0 bridgehead atoms. The van der Waals surface area contributed by atoms with E-state index in [2.05, 4.69) is 9.55 Å². The van der Waals surface area contributed by atoms with Crippen LogP contribution in [0.5, 0.6) is 11.5 Å². The number of fused-ring (bicyclic) bond motifs is 1. The van der Waals surface area contributed by atoms with Crippen molar-refractivity contribution in [3.8, 4) is 11.5 Å². The molecule has 0 atom stereocenters. The van der Waals surface area contributed by atoms with Gasteiger partial charge in [-0.1, -0.05) is 0 Å². The SMILES string of the molecule is COc1cc(OC)cc(C(=O)N2CCC(n3cnc4cc(F)ccc43)CC2)c1. The average Bonchev–Trinajstić information content (AvgIpc) is 3.15. The number of nitrogens with zero attached hydrogens (tertiary/aromatic N) is 3. The van der Waals surface area contributed by atoms with E-state index in [4.69, 9.17) is 9.47 Å². The van der Waals surface area contributed by atoms with E-state index in [1.54, 1.807) is 44.8 Å². The van der Waals surface area contributed by atoms with Crippen molar-refractivity contribution >= 4 is 16.9 Å². The van der Waals surface area contributed by atoms with Gasteiger partial charge in [0.15, 0.2) is 0 Å². The molecule has 0 unspecified atom stereocenters. The van der Waals surface area contributed by atoms with Crippen LogP contribution in [0.3, 0.4) is 0 Å². The Labute approximate surface area is 162 Å². The molecule has 28 heavy (non-hydrogen) atoms. The third-order valence-electron chi connectivity index (χ3n) is 5.28. The number of likely N-dealkylation sites (tertiary alicyclic amines) is 1. The lowest BCUT2D eigenvalue weighted by Gasteiger charge is -2.33. The number of halogens is 1. The van der Waals surface area contributed by atoms with Gasteiger partial charge in [-0.15, -0.1) is 0 Å². The molecule has 146 valence electrons. The Morgan fingerprint density at radius 1 is 1.07 bits per heavy atom. The van der Waals surface area contributed by atoms with Gasteiger partial charge < -0.3 is 18.9 Å². The van der Waals surface area contributed by atoms with Gasteiger partial charge in [0, 0.05) is 36.8 Å². The molecule has 0 spiro atoms. The molecule has 7 heteroatoms. The van der Waals surface area contributed by atoms with Crippen molar-refractivity contribution in [2.45, 2.75) is 18.9 Å². The van der Waals surface area contributed by atoms with Crippen LogP contribution in [0.15, 0.2) is 42.7 Å². The predicted molar refractivity (Wildman–Crippen MR) is 103 cm³/mol. The van der Waals surface area contributed by atoms with Gasteiger partial charge in [0.25, 0.3) is 5.91 Å². The smallest absolute Gasteiger partial charge is 0.254 e. The highest BCUT2D eigenvalue weighted by atomic mass is 19.1. The zero-order valence-corrected chi connectivity index (χ0v) is 15.9. The fourth-order valence-corrected chi connectivity index (χ4v) is 3.76. The van der Waals surface area contributed by atoms with E-state index in [9.17, 15) is 9.18 Å². The molecular formula is C21H22FN3O3. The van der Waals surface area contributed by atoms with Crippen molar-refractivity contribution in [1.82, 2.24) is 14.5 Å². The predicted octanol–water partition coefficient (Wildman–Crippen LogP) is 3.67. The minimum atomic E-state index is -0.285. The van der Waals surface area contributed by atoms with Crippen LogP contribution < -0.4 is 9.47 Å². The number of rotatable bonds is 4. The van der Waals surface area contributed by atoms with Gasteiger partial charge in [0.2, 0.25) is 0 Å². The van der Waals surface area contributed by atoms with Crippen LogP contribution in [-0.4, -0.2) is 47.7 Å². The summed E-state index contributed by atoms with van der Waals surface area (Å²) < 4.78 is 26.0. The number of hydrogen-bond acceptors (Lipinski definition) is 4. The Bertz CT molecular complexity index is 987. The lowest BCUT2D eigenvalue weighted by atomic mass is 10.0. The van der Waals surface area contributed by atoms with E-state index in [1.165, 1.54) is 12.1 Å². The van der Waals surface area contributed by atoms with Crippen molar-refractivity contribution in [2.75, 3.05) is 27.3 Å². The first kappa shape index (κ1) is 18.3. The molecule has 0 radical (unpaired) electrons. The van der Waals surface area contributed by atoms with Crippen LogP contribution in [0.25, 0.3) is 11.0 Å². The number of carbonyl (C=O) groups excluding carboxylic acids is 1. The molecule has 2 heterocycles. The molecule has 6 nitrogen and oxygen atoms in total. The molecule has 0 N–H and O–H groups in total. The Morgan fingerprint density at radius 3 is 2.39 bits per heavy atom. The molecule has 1 fully saturated rings. The third kappa shape index (κ3) is 3.40. The first-order chi connectivity index (χ1) is 13.6. The van der Waals surface area contributed by atoms with Gasteiger partial charge >= 0.3 is 0 Å². The topological polar surface area (TPSA) is 56.6 Å². The first-order valence-corrected chi connectivity index (χ1v) is 9.23. The van der Waals surface area contributed by atoms with E-state index in [-0.39, 0.29) is 17.8 Å². The molecule has 1 aliphatic heterocycles. The van der Waals surface area contributed by atoms with Crippen LogP contribution in [0.1, 0.15) is 29.2 Å². The van der Waals surface area contributed by atoms with Crippen LogP contribution >= 0.6 is 0 Å². The van der Waals surface area contributed by atoms with E-state index in [0.717, 1.165) is 18.4 Å². The summed E-state index contributed by atoms with van der Waals surface area (Å²) in [6.07, 6.45) is 3.39. The summed E-state index contributed by atoms with van der Waals surface area (Å²) in [6.45, 7) is 1.29. The Morgan fingerprint density at radius 2 is 1.75 bits per heavy atom. The van der Waals surface area contributed by atoms with Gasteiger partial charge in [0.05, 0.1) is 31.6 Å². The van der Waals surface area contributed by atoms with E-state index in [1.807, 2.05) is 4.90 Å². The van der Waals surface area contributed by atoms with E-state index >= 15 is 0 Å². The molecule has 0 saturated carbocycles. The van der Waals surface area contributed by atoms with Gasteiger partial charge in [-0.25, -0.2) is 9.37 Å². The highest BCUT2D eigenvalue weighted by Gasteiger charge is 2.26. The number of aromatic nitrogens is 2. The Balaban J connectivity index is 1.48. The molecular weight excluding hydrogens is 361 g/mol. The number of amides is 1. The van der Waals surface area contributed by atoms with Crippen molar-refractivity contribution < 1.29 is 18.7 Å². The normalized spacial score (nSPS) is 15.0. The van der Waals surface area contributed by atoms with Crippen LogP contribution in [0.4, 0.5) is 4.39 Å². The number of carbonyl (C=O) groups is 1.